The highest BCUT2D eigenvalue weighted by molar-refractivity contribution is 9.10. The molecule has 1 heterocycles. The van der Waals surface area contributed by atoms with Crippen molar-refractivity contribution in [1.82, 2.24) is 4.98 Å². The fourth-order valence-corrected chi connectivity index (χ4v) is 1.69. The Morgan fingerprint density at radius 2 is 2.12 bits per heavy atom. The van der Waals surface area contributed by atoms with Crippen molar-refractivity contribution in [3.63, 3.8) is 0 Å². The molecule has 2 nitrogen and oxygen atoms in total. The number of anilines is 2. The third-order valence-corrected chi connectivity index (χ3v) is 2.85. The topological polar surface area (TPSA) is 24.9 Å². The van der Waals surface area contributed by atoms with Crippen LogP contribution in [0.3, 0.4) is 0 Å². The van der Waals surface area contributed by atoms with E-state index >= 15 is 0 Å². The number of aromatic nitrogens is 1. The van der Waals surface area contributed by atoms with Gasteiger partial charge in [-0.25, -0.2) is 9.37 Å². The molecule has 1 aromatic carbocycles. The predicted molar refractivity (Wildman–Crippen MR) is 66.4 cm³/mol. The molecule has 2 aromatic rings. The molecule has 0 fully saturated rings. The van der Waals surface area contributed by atoms with Crippen molar-refractivity contribution in [2.75, 3.05) is 5.32 Å². The minimum Gasteiger partial charge on any atom is -0.339 e. The van der Waals surface area contributed by atoms with Crippen LogP contribution in [0.1, 0.15) is 5.56 Å². The van der Waals surface area contributed by atoms with Crippen LogP contribution >= 0.6 is 15.9 Å². The molecule has 0 aliphatic carbocycles. The van der Waals surface area contributed by atoms with Crippen molar-refractivity contribution in [3.8, 4) is 0 Å². The second-order valence-electron chi connectivity index (χ2n) is 3.42. The van der Waals surface area contributed by atoms with Gasteiger partial charge in [-0.2, -0.15) is 0 Å². The second kappa shape index (κ2) is 4.61. The highest BCUT2D eigenvalue weighted by Gasteiger charge is 2.04. The van der Waals surface area contributed by atoms with E-state index in [0.29, 0.717) is 5.82 Å². The van der Waals surface area contributed by atoms with E-state index in [-0.39, 0.29) is 5.82 Å². The van der Waals surface area contributed by atoms with Crippen LogP contribution in [0, 0.1) is 12.7 Å². The zero-order valence-corrected chi connectivity index (χ0v) is 10.3. The first kappa shape index (κ1) is 11.1. The van der Waals surface area contributed by atoms with Gasteiger partial charge in [0.05, 0.1) is 4.47 Å². The summed E-state index contributed by atoms with van der Waals surface area (Å²) in [6.07, 6.45) is 1.68. The molecule has 1 aromatic heterocycles. The van der Waals surface area contributed by atoms with Gasteiger partial charge < -0.3 is 5.32 Å². The lowest BCUT2D eigenvalue weighted by Gasteiger charge is -2.09. The minimum absolute atomic E-state index is 0.264. The van der Waals surface area contributed by atoms with Crippen LogP contribution in [0.25, 0.3) is 0 Å². The van der Waals surface area contributed by atoms with Gasteiger partial charge in [-0.05, 0) is 52.7 Å². The van der Waals surface area contributed by atoms with Gasteiger partial charge in [-0.1, -0.05) is 6.07 Å². The van der Waals surface area contributed by atoms with Gasteiger partial charge >= 0.3 is 0 Å². The van der Waals surface area contributed by atoms with E-state index in [1.807, 2.05) is 19.1 Å². The standard InChI is InChI=1S/C12H10BrFN2/c1-8-4-5-9(14)7-11(8)16-12-10(13)3-2-6-15-12/h2-7H,1H3,(H,15,16). The summed E-state index contributed by atoms with van der Waals surface area (Å²) < 4.78 is 13.9. The summed E-state index contributed by atoms with van der Waals surface area (Å²) in [6.45, 7) is 1.92. The molecule has 16 heavy (non-hydrogen) atoms. The summed E-state index contributed by atoms with van der Waals surface area (Å²) in [4.78, 5) is 4.16. The molecule has 0 aliphatic heterocycles. The molecule has 0 bridgehead atoms. The Morgan fingerprint density at radius 1 is 1.31 bits per heavy atom. The van der Waals surface area contributed by atoms with E-state index in [1.165, 1.54) is 12.1 Å². The molecule has 0 atom stereocenters. The fourth-order valence-electron chi connectivity index (χ4n) is 1.33. The van der Waals surface area contributed by atoms with Gasteiger partial charge in [-0.15, -0.1) is 0 Å². The average Bonchev–Trinajstić information content (AvgIpc) is 2.27. The molecule has 0 spiro atoms. The molecule has 4 heteroatoms. The molecule has 2 rings (SSSR count). The number of hydrogen-bond acceptors (Lipinski definition) is 2. The zero-order chi connectivity index (χ0) is 11.5. The molecule has 0 unspecified atom stereocenters. The van der Waals surface area contributed by atoms with Crippen LogP contribution < -0.4 is 5.32 Å². The van der Waals surface area contributed by atoms with Crippen molar-refractivity contribution in [2.45, 2.75) is 6.92 Å². The molecule has 0 radical (unpaired) electrons. The van der Waals surface area contributed by atoms with E-state index < -0.39 is 0 Å². The number of pyridine rings is 1. The number of hydrogen-bond donors (Lipinski definition) is 1. The number of rotatable bonds is 2. The van der Waals surface area contributed by atoms with E-state index in [1.54, 1.807) is 12.3 Å². The average molecular weight is 281 g/mol. The van der Waals surface area contributed by atoms with Gasteiger partial charge in [0, 0.05) is 11.9 Å². The molecule has 0 saturated carbocycles. The molecular weight excluding hydrogens is 271 g/mol. The third kappa shape index (κ3) is 2.39. The first-order valence-electron chi connectivity index (χ1n) is 4.80. The Labute approximate surface area is 102 Å². The van der Waals surface area contributed by atoms with Gasteiger partial charge in [0.15, 0.2) is 0 Å². The van der Waals surface area contributed by atoms with Crippen molar-refractivity contribution < 1.29 is 4.39 Å². The SMILES string of the molecule is Cc1ccc(F)cc1Nc1ncccc1Br. The summed E-state index contributed by atoms with van der Waals surface area (Å²) in [7, 11) is 0. The number of nitrogens with zero attached hydrogens (tertiary/aromatic N) is 1. The van der Waals surface area contributed by atoms with Crippen LogP contribution in [-0.4, -0.2) is 4.98 Å². The smallest absolute Gasteiger partial charge is 0.144 e. The highest BCUT2D eigenvalue weighted by atomic mass is 79.9. The summed E-state index contributed by atoms with van der Waals surface area (Å²) in [6, 6.07) is 8.33. The molecule has 82 valence electrons. The van der Waals surface area contributed by atoms with Crippen molar-refractivity contribution >= 4 is 27.4 Å². The summed E-state index contributed by atoms with van der Waals surface area (Å²) in [5.74, 6) is 0.413. The monoisotopic (exact) mass is 280 g/mol. The lowest BCUT2D eigenvalue weighted by Crippen LogP contribution is -1.96. The Bertz CT molecular complexity index is 514. The van der Waals surface area contributed by atoms with Crippen LogP contribution in [0.15, 0.2) is 41.0 Å². The largest absolute Gasteiger partial charge is 0.339 e. The molecule has 0 saturated heterocycles. The maximum absolute atomic E-state index is 13.1. The molecule has 0 aliphatic rings. The van der Waals surface area contributed by atoms with Crippen LogP contribution in [0.5, 0.6) is 0 Å². The van der Waals surface area contributed by atoms with Gasteiger partial charge in [0.1, 0.15) is 11.6 Å². The lowest BCUT2D eigenvalue weighted by atomic mass is 10.2. The Balaban J connectivity index is 2.34. The number of nitrogens with one attached hydrogen (secondary N) is 1. The number of halogens is 2. The van der Waals surface area contributed by atoms with E-state index in [2.05, 4.69) is 26.2 Å². The number of benzene rings is 1. The van der Waals surface area contributed by atoms with Crippen molar-refractivity contribution in [3.05, 3.63) is 52.4 Å². The predicted octanol–water partition coefficient (Wildman–Crippen LogP) is 4.04. The Hall–Kier alpha value is -1.42. The highest BCUT2D eigenvalue weighted by Crippen LogP contribution is 2.25. The van der Waals surface area contributed by atoms with Crippen LogP contribution in [0.2, 0.25) is 0 Å². The van der Waals surface area contributed by atoms with E-state index in [0.717, 1.165) is 15.7 Å². The maximum Gasteiger partial charge on any atom is 0.144 e. The first-order valence-corrected chi connectivity index (χ1v) is 5.60. The van der Waals surface area contributed by atoms with Crippen LogP contribution in [0.4, 0.5) is 15.9 Å². The Kier molecular flexibility index (Phi) is 3.19. The summed E-state index contributed by atoms with van der Waals surface area (Å²) in [5, 5.41) is 3.08. The number of aryl methyl sites for hydroxylation is 1. The summed E-state index contributed by atoms with van der Waals surface area (Å²) in [5.41, 5.74) is 1.69. The van der Waals surface area contributed by atoms with Crippen LogP contribution in [-0.2, 0) is 0 Å². The molecule has 1 N–H and O–H groups in total. The van der Waals surface area contributed by atoms with Gasteiger partial charge in [-0.3, -0.25) is 0 Å². The summed E-state index contributed by atoms with van der Waals surface area (Å²) >= 11 is 3.38. The van der Waals surface area contributed by atoms with Crippen molar-refractivity contribution in [1.29, 1.82) is 0 Å². The van der Waals surface area contributed by atoms with E-state index in [9.17, 15) is 4.39 Å². The fraction of sp³-hybridized carbons (Fsp3) is 0.0833. The van der Waals surface area contributed by atoms with Gasteiger partial charge in [0.2, 0.25) is 0 Å². The first-order chi connectivity index (χ1) is 7.66. The van der Waals surface area contributed by atoms with E-state index in [4.69, 9.17) is 0 Å². The molecule has 0 amide bonds. The van der Waals surface area contributed by atoms with Crippen molar-refractivity contribution in [2.24, 2.45) is 0 Å². The second-order valence-corrected chi connectivity index (χ2v) is 4.27. The lowest BCUT2D eigenvalue weighted by molar-refractivity contribution is 0.628. The molecular formula is C12H10BrFN2. The zero-order valence-electron chi connectivity index (χ0n) is 8.67. The minimum atomic E-state index is -0.264. The van der Waals surface area contributed by atoms with Gasteiger partial charge in [0.25, 0.3) is 0 Å². The normalized spacial score (nSPS) is 10.2. The Morgan fingerprint density at radius 3 is 2.88 bits per heavy atom. The third-order valence-electron chi connectivity index (χ3n) is 2.21. The maximum atomic E-state index is 13.1. The quantitative estimate of drug-likeness (QED) is 0.898.